The van der Waals surface area contributed by atoms with Gasteiger partial charge in [0.15, 0.2) is 0 Å². The highest BCUT2D eigenvalue weighted by atomic mass is 35.5. The largest absolute Gasteiger partial charge is 0.496 e. The lowest BCUT2D eigenvalue weighted by Crippen LogP contribution is -2.43. The Morgan fingerprint density at radius 3 is 2.05 bits per heavy atom. The number of piperidine rings is 1. The minimum atomic E-state index is -0.932. The van der Waals surface area contributed by atoms with Gasteiger partial charge in [-0.3, -0.25) is 9.69 Å². The number of carbonyl (C=O) groups excluding carboxylic acids is 2. The zero-order valence-electron chi connectivity index (χ0n) is 24.1. The molecule has 1 aliphatic heterocycles. The third-order valence-electron chi connectivity index (χ3n) is 7.17. The number of amides is 1. The second-order valence-electron chi connectivity index (χ2n) is 9.99. The molecule has 7 nitrogen and oxygen atoms in total. The Kier molecular flexibility index (Phi) is 12.8. The molecule has 0 aromatic heterocycles. The molecule has 226 valence electrons. The quantitative estimate of drug-likeness (QED) is 0.229. The molecular formula is C32H37Cl3N2O5. The highest BCUT2D eigenvalue weighted by Crippen LogP contribution is 2.40. The molecule has 42 heavy (non-hydrogen) atoms. The molecule has 0 bridgehead atoms. The molecular weight excluding hydrogens is 599 g/mol. The van der Waals surface area contributed by atoms with Gasteiger partial charge in [0, 0.05) is 13.0 Å². The van der Waals surface area contributed by atoms with Crippen LogP contribution in [0.1, 0.15) is 47.7 Å². The van der Waals surface area contributed by atoms with Crippen molar-refractivity contribution in [3.8, 4) is 22.6 Å². The Balaban J connectivity index is 0.00000484. The van der Waals surface area contributed by atoms with Gasteiger partial charge < -0.3 is 19.5 Å². The molecule has 3 aromatic rings. The van der Waals surface area contributed by atoms with Gasteiger partial charge in [0.25, 0.3) is 5.91 Å². The lowest BCUT2D eigenvalue weighted by atomic mass is 9.97. The van der Waals surface area contributed by atoms with Crippen molar-refractivity contribution in [1.29, 1.82) is 0 Å². The zero-order valence-corrected chi connectivity index (χ0v) is 26.4. The van der Waals surface area contributed by atoms with E-state index in [4.69, 9.17) is 37.4 Å². The second-order valence-corrected chi connectivity index (χ2v) is 10.8. The van der Waals surface area contributed by atoms with Gasteiger partial charge in [-0.25, -0.2) is 4.79 Å². The van der Waals surface area contributed by atoms with Gasteiger partial charge in [0.1, 0.15) is 17.5 Å². The number of nitrogens with zero attached hydrogens (tertiary/aromatic N) is 1. The highest BCUT2D eigenvalue weighted by molar-refractivity contribution is 6.39. The molecule has 1 aliphatic rings. The van der Waals surface area contributed by atoms with Crippen molar-refractivity contribution >= 4 is 47.5 Å². The Morgan fingerprint density at radius 2 is 1.50 bits per heavy atom. The molecule has 0 saturated carbocycles. The van der Waals surface area contributed by atoms with E-state index in [0.717, 1.165) is 53.4 Å². The number of rotatable bonds is 11. The maximum Gasteiger partial charge on any atom is 0.328 e. The smallest absolute Gasteiger partial charge is 0.328 e. The van der Waals surface area contributed by atoms with E-state index in [9.17, 15) is 9.59 Å². The van der Waals surface area contributed by atoms with E-state index in [1.54, 1.807) is 39.3 Å². The summed E-state index contributed by atoms with van der Waals surface area (Å²) in [5.74, 6) is 0.380. The predicted molar refractivity (Wildman–Crippen MR) is 169 cm³/mol. The molecule has 1 fully saturated rings. The molecule has 1 amide bonds. The van der Waals surface area contributed by atoms with Gasteiger partial charge in [-0.05, 0) is 73.8 Å². The van der Waals surface area contributed by atoms with E-state index >= 15 is 0 Å². The summed E-state index contributed by atoms with van der Waals surface area (Å²) in [6, 6.07) is 15.7. The van der Waals surface area contributed by atoms with Crippen LogP contribution in [-0.4, -0.2) is 56.7 Å². The molecule has 1 N–H and O–H groups in total. The maximum absolute atomic E-state index is 13.0. The van der Waals surface area contributed by atoms with Gasteiger partial charge in [-0.1, -0.05) is 60.0 Å². The van der Waals surface area contributed by atoms with Crippen LogP contribution >= 0.6 is 35.6 Å². The Bertz CT molecular complexity index is 1320. The highest BCUT2D eigenvalue weighted by Gasteiger charge is 2.26. The van der Waals surface area contributed by atoms with Crippen LogP contribution in [0.5, 0.6) is 11.5 Å². The molecule has 0 aliphatic carbocycles. The summed E-state index contributed by atoms with van der Waals surface area (Å²) in [5, 5.41) is 3.15. The van der Waals surface area contributed by atoms with Crippen LogP contribution in [0, 0.1) is 0 Å². The molecule has 0 spiro atoms. The fraction of sp³-hybridized carbons (Fsp3) is 0.375. The van der Waals surface area contributed by atoms with Gasteiger partial charge in [0.05, 0.1) is 42.0 Å². The fourth-order valence-corrected chi connectivity index (χ4v) is 5.71. The van der Waals surface area contributed by atoms with Crippen LogP contribution < -0.4 is 14.8 Å². The van der Waals surface area contributed by atoms with E-state index in [1.807, 2.05) is 24.3 Å². The molecule has 0 unspecified atom stereocenters. The van der Waals surface area contributed by atoms with Gasteiger partial charge in [0.2, 0.25) is 0 Å². The van der Waals surface area contributed by atoms with Crippen molar-refractivity contribution in [2.24, 2.45) is 0 Å². The van der Waals surface area contributed by atoms with E-state index in [-0.39, 0.29) is 41.0 Å². The lowest BCUT2D eigenvalue weighted by Gasteiger charge is -2.27. The first-order chi connectivity index (χ1) is 19.8. The van der Waals surface area contributed by atoms with Crippen LogP contribution in [0.2, 0.25) is 10.0 Å². The molecule has 4 rings (SSSR count). The molecule has 1 saturated heterocycles. The Hall–Kier alpha value is -2.97. The second kappa shape index (κ2) is 16.0. The van der Waals surface area contributed by atoms with Crippen LogP contribution in [-0.2, 0) is 22.5 Å². The first kappa shape index (κ1) is 33.5. The monoisotopic (exact) mass is 634 g/mol. The summed E-state index contributed by atoms with van der Waals surface area (Å²) in [5.41, 5.74) is 3.85. The van der Waals surface area contributed by atoms with Crippen LogP contribution in [0.25, 0.3) is 11.1 Å². The summed E-state index contributed by atoms with van der Waals surface area (Å²) in [4.78, 5) is 28.2. The Morgan fingerprint density at radius 1 is 0.905 bits per heavy atom. The number of nitrogens with one attached hydrogen (secondary N) is 1. The number of esters is 1. The number of likely N-dealkylation sites (tertiary alicyclic amines) is 1. The molecule has 0 radical (unpaired) electrons. The normalized spacial score (nSPS) is 13.9. The van der Waals surface area contributed by atoms with Crippen molar-refractivity contribution in [3.63, 3.8) is 0 Å². The molecule has 10 heteroatoms. The van der Waals surface area contributed by atoms with Crippen molar-refractivity contribution in [1.82, 2.24) is 10.2 Å². The van der Waals surface area contributed by atoms with Crippen LogP contribution in [0.15, 0.2) is 54.6 Å². The minimum Gasteiger partial charge on any atom is -0.496 e. The third-order valence-corrected chi connectivity index (χ3v) is 7.80. The SMILES string of the molecule is CCOC(=O)[C@H](Cc1ccc(-c2c(OC)cc(CN3CCCCC3)cc2OC)cc1)NC(=O)c1c(Cl)cccc1Cl.Cl. The topological polar surface area (TPSA) is 77.1 Å². The van der Waals surface area contributed by atoms with Crippen LogP contribution in [0.3, 0.4) is 0 Å². The fourth-order valence-electron chi connectivity index (χ4n) is 5.14. The average Bonchev–Trinajstić information content (AvgIpc) is 2.97. The van der Waals surface area contributed by atoms with Crippen LogP contribution in [0.4, 0.5) is 0 Å². The summed E-state index contributed by atoms with van der Waals surface area (Å²) in [6.45, 7) is 4.96. The summed E-state index contributed by atoms with van der Waals surface area (Å²) >= 11 is 12.4. The Labute approximate surface area is 263 Å². The number of carbonyl (C=O) groups is 2. The van der Waals surface area contributed by atoms with Gasteiger partial charge in [-0.2, -0.15) is 0 Å². The van der Waals surface area contributed by atoms with E-state index in [2.05, 4.69) is 22.3 Å². The number of ether oxygens (including phenoxy) is 3. The third kappa shape index (κ3) is 8.32. The summed E-state index contributed by atoms with van der Waals surface area (Å²) in [7, 11) is 3.32. The van der Waals surface area contributed by atoms with Crippen molar-refractivity contribution in [2.75, 3.05) is 33.9 Å². The van der Waals surface area contributed by atoms with Crippen molar-refractivity contribution in [3.05, 3.63) is 81.3 Å². The van der Waals surface area contributed by atoms with E-state index < -0.39 is 17.9 Å². The molecule has 3 aromatic carbocycles. The molecule has 1 heterocycles. The standard InChI is InChI=1S/C32H36Cl2N2O5.ClH/c1-4-41-32(38)26(35-31(37)30-24(33)9-8-10-25(30)34)17-21-11-13-23(14-12-21)29-27(39-2)18-22(19-28(29)40-3)20-36-15-6-5-7-16-36;/h8-14,18-19,26H,4-7,15-17,20H2,1-3H3,(H,35,37);1H/t26-;/m0./s1. The zero-order chi connectivity index (χ0) is 29.4. The lowest BCUT2D eigenvalue weighted by molar-refractivity contribution is -0.145. The predicted octanol–water partition coefficient (Wildman–Crippen LogP) is 6.99. The van der Waals surface area contributed by atoms with Crippen molar-refractivity contribution in [2.45, 2.75) is 45.2 Å². The first-order valence-electron chi connectivity index (χ1n) is 13.8. The van der Waals surface area contributed by atoms with E-state index in [1.165, 1.54) is 19.3 Å². The number of hydrogen-bond donors (Lipinski definition) is 1. The average molecular weight is 636 g/mol. The maximum atomic E-state index is 13.0. The summed E-state index contributed by atoms with van der Waals surface area (Å²) in [6.07, 6.45) is 3.97. The number of hydrogen-bond acceptors (Lipinski definition) is 6. The first-order valence-corrected chi connectivity index (χ1v) is 14.6. The van der Waals surface area contributed by atoms with E-state index in [0.29, 0.717) is 0 Å². The van der Waals surface area contributed by atoms with Crippen molar-refractivity contribution < 1.29 is 23.8 Å². The molecule has 1 atom stereocenters. The summed E-state index contributed by atoms with van der Waals surface area (Å²) < 4.78 is 16.8. The van der Waals surface area contributed by atoms with Gasteiger partial charge >= 0.3 is 5.97 Å². The number of halogens is 3. The number of benzene rings is 3. The van der Waals surface area contributed by atoms with Gasteiger partial charge in [-0.15, -0.1) is 12.4 Å². The minimum absolute atomic E-state index is 0. The number of methoxy groups -OCH3 is 2.